The van der Waals surface area contributed by atoms with E-state index in [1.165, 1.54) is 74.5 Å². The maximum absolute atomic E-state index is 2.61. The number of hydrogen-bond acceptors (Lipinski definition) is 4. The molecule has 0 amide bonds. The van der Waals surface area contributed by atoms with E-state index in [2.05, 4.69) is 106 Å². The Hall–Kier alpha value is 0.0687. The molecular weight excluding hydrogens is 734 g/mol. The Labute approximate surface area is 250 Å². The Morgan fingerprint density at radius 2 is 1.39 bits per heavy atom. The van der Waals surface area contributed by atoms with Gasteiger partial charge in [-0.15, -0.1) is 0 Å². The zero-order valence-corrected chi connectivity index (χ0v) is 30.4. The fourth-order valence-corrected chi connectivity index (χ4v) is 15.8. The average Bonchev–Trinajstić information content (AvgIpc) is 3.62. The summed E-state index contributed by atoms with van der Waals surface area (Å²) in [6.07, 6.45) is 6.23. The summed E-state index contributed by atoms with van der Waals surface area (Å²) in [5, 5.41) is 2.96. The van der Waals surface area contributed by atoms with Crippen molar-refractivity contribution in [3.05, 3.63) is 49.0 Å². The molecule has 0 aliphatic heterocycles. The van der Waals surface area contributed by atoms with Crippen LogP contribution in [0.15, 0.2) is 36.4 Å². The van der Waals surface area contributed by atoms with E-state index in [-0.39, 0.29) is 0 Å². The Morgan fingerprint density at radius 3 is 1.97 bits per heavy atom. The third-order valence-corrected chi connectivity index (χ3v) is 22.0. The standard InChI is InChI=1S/C27H26IS4.3CH3.Sn/c1-4-7-16(5-2)14-18-9-11-22(31-18)25-20-15-23(28)32-27(20)24(19-12-13-29-26(19)25)21-10-8-17(6-3)30-21;;;;/h8-12,15-16H,4-7,14H2,1-3H3;3*1H3;. The number of benzene rings is 1. The summed E-state index contributed by atoms with van der Waals surface area (Å²) in [5.74, 6) is 0.806. The summed E-state index contributed by atoms with van der Waals surface area (Å²) in [5.41, 5.74) is 2.99. The fraction of sp³-hybridized carbons (Fsp3) is 0.400. The van der Waals surface area contributed by atoms with Crippen molar-refractivity contribution in [3.8, 4) is 20.9 Å². The van der Waals surface area contributed by atoms with Crippen molar-refractivity contribution in [3.63, 3.8) is 0 Å². The van der Waals surface area contributed by atoms with E-state index in [0.29, 0.717) is 0 Å². The summed E-state index contributed by atoms with van der Waals surface area (Å²) in [4.78, 5) is 13.6. The molecule has 0 saturated carbocycles. The van der Waals surface area contributed by atoms with Gasteiger partial charge < -0.3 is 0 Å². The summed E-state index contributed by atoms with van der Waals surface area (Å²) in [6.45, 7) is 6.95. The van der Waals surface area contributed by atoms with Gasteiger partial charge >= 0.3 is 253 Å². The first-order valence-electron chi connectivity index (χ1n) is 13.1. The first-order chi connectivity index (χ1) is 17.2. The quantitative estimate of drug-likeness (QED) is 0.103. The first-order valence-corrected chi connectivity index (χ1v) is 27.4. The van der Waals surface area contributed by atoms with Crippen molar-refractivity contribution in [1.82, 2.24) is 0 Å². The van der Waals surface area contributed by atoms with Gasteiger partial charge in [-0.3, -0.25) is 0 Å². The Morgan fingerprint density at radius 1 is 0.778 bits per heavy atom. The molecule has 0 spiro atoms. The number of hydrogen-bond donors (Lipinski definition) is 0. The van der Waals surface area contributed by atoms with E-state index in [0.717, 1.165) is 12.3 Å². The van der Waals surface area contributed by atoms with Gasteiger partial charge in [0, 0.05) is 0 Å². The van der Waals surface area contributed by atoms with Crippen LogP contribution in [0.3, 0.4) is 0 Å². The molecule has 0 radical (unpaired) electrons. The van der Waals surface area contributed by atoms with Crippen LogP contribution >= 0.6 is 67.9 Å². The number of thiophene rings is 4. The third kappa shape index (κ3) is 5.40. The fourth-order valence-electron chi connectivity index (χ4n) is 5.07. The van der Waals surface area contributed by atoms with Crippen LogP contribution in [0.4, 0.5) is 0 Å². The van der Waals surface area contributed by atoms with Crippen molar-refractivity contribution >= 4 is 109 Å². The Balaban J connectivity index is 1.77. The van der Waals surface area contributed by atoms with Crippen LogP contribution in [0, 0.1) is 8.80 Å². The molecule has 0 N–H and O–H groups in total. The topological polar surface area (TPSA) is 0 Å². The van der Waals surface area contributed by atoms with Gasteiger partial charge in [0.15, 0.2) is 0 Å². The molecule has 6 heteroatoms. The second-order valence-electron chi connectivity index (χ2n) is 10.8. The van der Waals surface area contributed by atoms with E-state index in [4.69, 9.17) is 0 Å². The molecular formula is C30H35IS4Sn. The van der Waals surface area contributed by atoms with E-state index in [1.807, 2.05) is 34.0 Å². The molecule has 1 aromatic carbocycles. The second-order valence-corrected chi connectivity index (χ2v) is 32.5. The third-order valence-electron chi connectivity index (χ3n) is 7.09. The van der Waals surface area contributed by atoms with Crippen LogP contribution in [0.5, 0.6) is 0 Å². The van der Waals surface area contributed by atoms with Gasteiger partial charge in [-0.25, -0.2) is 0 Å². The van der Waals surface area contributed by atoms with Crippen LogP contribution in [-0.4, -0.2) is 18.4 Å². The predicted octanol–water partition coefficient (Wildman–Crippen LogP) is 11.7. The van der Waals surface area contributed by atoms with Crippen LogP contribution < -0.4 is 2.89 Å². The minimum absolute atomic E-state index is 0.806. The zero-order chi connectivity index (χ0) is 25.6. The molecule has 36 heavy (non-hydrogen) atoms. The molecule has 1 atom stereocenters. The van der Waals surface area contributed by atoms with Crippen molar-refractivity contribution in [2.75, 3.05) is 0 Å². The van der Waals surface area contributed by atoms with Crippen molar-refractivity contribution in [2.24, 2.45) is 5.92 Å². The van der Waals surface area contributed by atoms with E-state index >= 15 is 0 Å². The maximum atomic E-state index is 2.61. The SMILES string of the molecule is CCCC(CC)Cc1ccc(-c2c3cc(I)sc3c(-c3ccc(CC)s3)c3c[c]([Sn]([CH3])([CH3])[CH3])sc23)s1. The molecule has 0 aliphatic rings. The summed E-state index contributed by atoms with van der Waals surface area (Å²) in [7, 11) is 0. The molecule has 0 bridgehead atoms. The predicted molar refractivity (Wildman–Crippen MR) is 181 cm³/mol. The molecule has 190 valence electrons. The molecule has 0 saturated heterocycles. The van der Waals surface area contributed by atoms with Crippen LogP contribution in [0.25, 0.3) is 41.1 Å². The van der Waals surface area contributed by atoms with Gasteiger partial charge in [-0.1, -0.05) is 0 Å². The summed E-state index contributed by atoms with van der Waals surface area (Å²) in [6, 6.07) is 14.6. The molecule has 0 fully saturated rings. The molecule has 5 aromatic rings. The molecule has 1 unspecified atom stereocenters. The van der Waals surface area contributed by atoms with Crippen LogP contribution in [0.2, 0.25) is 14.8 Å². The van der Waals surface area contributed by atoms with Crippen LogP contribution in [-0.2, 0) is 12.8 Å². The van der Waals surface area contributed by atoms with Gasteiger partial charge in [0.25, 0.3) is 0 Å². The van der Waals surface area contributed by atoms with E-state index in [9.17, 15) is 0 Å². The van der Waals surface area contributed by atoms with E-state index in [1.54, 1.807) is 7.77 Å². The average molecular weight is 769 g/mol. The summed E-state index contributed by atoms with van der Waals surface area (Å²) >= 11 is 8.43. The first kappa shape index (κ1) is 27.6. The van der Waals surface area contributed by atoms with Crippen molar-refractivity contribution in [1.29, 1.82) is 0 Å². The second kappa shape index (κ2) is 11.3. The Kier molecular flexibility index (Phi) is 8.66. The normalized spacial score (nSPS) is 13.3. The van der Waals surface area contributed by atoms with Gasteiger partial charge in [-0.05, 0) is 0 Å². The van der Waals surface area contributed by atoms with Crippen molar-refractivity contribution < 1.29 is 0 Å². The number of halogens is 1. The summed E-state index contributed by atoms with van der Waals surface area (Å²) < 4.78 is 6.07. The van der Waals surface area contributed by atoms with E-state index < -0.39 is 18.4 Å². The zero-order valence-electron chi connectivity index (χ0n) is 22.1. The molecule has 5 rings (SSSR count). The van der Waals surface area contributed by atoms with Gasteiger partial charge in [0.05, 0.1) is 0 Å². The van der Waals surface area contributed by atoms with Crippen LogP contribution in [0.1, 0.15) is 49.8 Å². The Bertz CT molecular complexity index is 1510. The minimum atomic E-state index is -2.24. The van der Waals surface area contributed by atoms with Crippen molar-refractivity contribution in [2.45, 2.75) is 67.7 Å². The molecule has 0 nitrogen and oxygen atoms in total. The van der Waals surface area contributed by atoms with Gasteiger partial charge in [0.2, 0.25) is 0 Å². The monoisotopic (exact) mass is 770 g/mol. The number of fused-ring (bicyclic) bond motifs is 2. The number of aryl methyl sites for hydroxylation is 1. The van der Waals surface area contributed by atoms with Gasteiger partial charge in [0.1, 0.15) is 0 Å². The molecule has 0 aliphatic carbocycles. The molecule has 4 aromatic heterocycles. The molecule has 4 heterocycles. The number of rotatable bonds is 9. The van der Waals surface area contributed by atoms with Gasteiger partial charge in [-0.2, -0.15) is 0 Å².